The number of carbonyl (C=O) groups excluding carboxylic acids is 1. The van der Waals surface area contributed by atoms with Gasteiger partial charge in [0.2, 0.25) is 10.0 Å². The highest BCUT2D eigenvalue weighted by Gasteiger charge is 2.18. The van der Waals surface area contributed by atoms with Crippen LogP contribution in [0.4, 0.5) is 5.69 Å². The third-order valence-corrected chi connectivity index (χ3v) is 5.99. The van der Waals surface area contributed by atoms with Gasteiger partial charge in [-0.05, 0) is 61.4 Å². The topological polar surface area (TPSA) is 84.5 Å². The summed E-state index contributed by atoms with van der Waals surface area (Å²) in [5, 5.41) is 2.76. The maximum absolute atomic E-state index is 12.6. The smallest absolute Gasteiger partial charge is 0.262 e. The van der Waals surface area contributed by atoms with Crippen molar-refractivity contribution in [2.24, 2.45) is 0 Å². The number of aryl methyl sites for hydroxylation is 1. The van der Waals surface area contributed by atoms with Crippen LogP contribution in [0.15, 0.2) is 83.8 Å². The molecule has 7 heteroatoms. The number of carbonyl (C=O) groups is 1. The zero-order chi connectivity index (χ0) is 21.6. The van der Waals surface area contributed by atoms with E-state index in [0.29, 0.717) is 11.4 Å². The molecule has 0 unspecified atom stereocenters. The predicted octanol–water partition coefficient (Wildman–Crippen LogP) is 4.05. The first-order chi connectivity index (χ1) is 14.3. The molecule has 0 fully saturated rings. The molecule has 0 aliphatic rings. The molecule has 0 bridgehead atoms. The SMILES string of the molecule is Cc1cccc(NC(=O)COc2ccc(S(=O)(=O)N[C@H](C)c3ccccc3)cc2)c1. The summed E-state index contributed by atoms with van der Waals surface area (Å²) in [7, 11) is -3.69. The molecule has 0 saturated carbocycles. The second-order valence-electron chi connectivity index (χ2n) is 6.93. The Labute approximate surface area is 177 Å². The molecular formula is C23H24N2O4S. The lowest BCUT2D eigenvalue weighted by atomic mass is 10.1. The Kier molecular flexibility index (Phi) is 6.87. The van der Waals surface area contributed by atoms with E-state index in [1.54, 1.807) is 13.0 Å². The molecule has 3 rings (SSSR count). The molecule has 156 valence electrons. The second kappa shape index (κ2) is 9.56. The summed E-state index contributed by atoms with van der Waals surface area (Å²) in [4.78, 5) is 12.2. The summed E-state index contributed by atoms with van der Waals surface area (Å²) in [6.45, 7) is 3.55. The number of hydrogen-bond donors (Lipinski definition) is 2. The Bertz CT molecular complexity index is 1100. The van der Waals surface area contributed by atoms with Crippen molar-refractivity contribution >= 4 is 21.6 Å². The summed E-state index contributed by atoms with van der Waals surface area (Å²) in [6.07, 6.45) is 0. The van der Waals surface area contributed by atoms with Crippen LogP contribution < -0.4 is 14.8 Å². The molecule has 2 N–H and O–H groups in total. The van der Waals surface area contributed by atoms with Crippen molar-refractivity contribution in [3.8, 4) is 5.75 Å². The third-order valence-electron chi connectivity index (χ3n) is 4.44. The fraction of sp³-hybridized carbons (Fsp3) is 0.174. The average molecular weight is 425 g/mol. The highest BCUT2D eigenvalue weighted by atomic mass is 32.2. The van der Waals surface area contributed by atoms with Crippen molar-refractivity contribution in [3.63, 3.8) is 0 Å². The van der Waals surface area contributed by atoms with Crippen molar-refractivity contribution < 1.29 is 17.9 Å². The standard InChI is InChI=1S/C23H24N2O4S/c1-17-7-6-10-20(15-17)24-23(26)16-29-21-11-13-22(14-12-21)30(27,28)25-18(2)19-8-4-3-5-9-19/h3-15,18,25H,16H2,1-2H3,(H,24,26)/t18-/m1/s1. The zero-order valence-corrected chi connectivity index (χ0v) is 17.6. The van der Waals surface area contributed by atoms with Crippen LogP contribution in [0.5, 0.6) is 5.75 Å². The zero-order valence-electron chi connectivity index (χ0n) is 16.8. The summed E-state index contributed by atoms with van der Waals surface area (Å²) in [5.41, 5.74) is 2.62. The average Bonchev–Trinajstić information content (AvgIpc) is 2.73. The quantitative estimate of drug-likeness (QED) is 0.571. The first-order valence-corrected chi connectivity index (χ1v) is 11.0. The van der Waals surface area contributed by atoms with E-state index in [1.807, 2.05) is 55.5 Å². The van der Waals surface area contributed by atoms with Crippen LogP contribution >= 0.6 is 0 Å². The first kappa shape index (κ1) is 21.5. The van der Waals surface area contributed by atoms with Gasteiger partial charge in [0, 0.05) is 11.7 Å². The van der Waals surface area contributed by atoms with Gasteiger partial charge in [-0.3, -0.25) is 4.79 Å². The monoisotopic (exact) mass is 424 g/mol. The van der Waals surface area contributed by atoms with Crippen LogP contribution in [0.2, 0.25) is 0 Å². The lowest BCUT2D eigenvalue weighted by Gasteiger charge is -2.15. The molecule has 0 saturated heterocycles. The molecule has 1 amide bonds. The number of sulfonamides is 1. The van der Waals surface area contributed by atoms with Crippen LogP contribution in [0.1, 0.15) is 24.1 Å². The molecule has 0 heterocycles. The Balaban J connectivity index is 1.56. The minimum atomic E-state index is -3.69. The van der Waals surface area contributed by atoms with Gasteiger partial charge >= 0.3 is 0 Å². The maximum atomic E-state index is 12.6. The molecule has 3 aromatic carbocycles. The Morgan fingerprint density at radius 1 is 0.967 bits per heavy atom. The van der Waals surface area contributed by atoms with Crippen molar-refractivity contribution in [1.29, 1.82) is 0 Å². The van der Waals surface area contributed by atoms with Gasteiger partial charge in [0.05, 0.1) is 4.90 Å². The minimum Gasteiger partial charge on any atom is -0.484 e. The summed E-state index contributed by atoms with van der Waals surface area (Å²) in [5.74, 6) is 0.111. The molecule has 30 heavy (non-hydrogen) atoms. The normalized spacial score (nSPS) is 12.2. The fourth-order valence-electron chi connectivity index (χ4n) is 2.89. The van der Waals surface area contributed by atoms with E-state index in [0.717, 1.165) is 11.1 Å². The Morgan fingerprint density at radius 2 is 1.67 bits per heavy atom. The van der Waals surface area contributed by atoms with Gasteiger partial charge < -0.3 is 10.1 Å². The Morgan fingerprint density at radius 3 is 2.33 bits per heavy atom. The summed E-state index contributed by atoms with van der Waals surface area (Å²) in [6, 6.07) is 22.4. The predicted molar refractivity (Wildman–Crippen MR) is 117 cm³/mol. The van der Waals surface area contributed by atoms with Gasteiger partial charge in [0.15, 0.2) is 6.61 Å². The van der Waals surface area contributed by atoms with Crippen LogP contribution in [-0.4, -0.2) is 20.9 Å². The van der Waals surface area contributed by atoms with Gasteiger partial charge in [-0.1, -0.05) is 42.5 Å². The fourth-order valence-corrected chi connectivity index (χ4v) is 4.13. The van der Waals surface area contributed by atoms with E-state index < -0.39 is 10.0 Å². The van der Waals surface area contributed by atoms with Crippen molar-refractivity contribution in [2.45, 2.75) is 24.8 Å². The van der Waals surface area contributed by atoms with Gasteiger partial charge in [0.1, 0.15) is 5.75 Å². The van der Waals surface area contributed by atoms with E-state index in [9.17, 15) is 13.2 Å². The first-order valence-electron chi connectivity index (χ1n) is 9.50. The minimum absolute atomic E-state index is 0.127. The number of nitrogens with one attached hydrogen (secondary N) is 2. The largest absolute Gasteiger partial charge is 0.484 e. The number of rotatable bonds is 8. The van der Waals surface area contributed by atoms with E-state index in [1.165, 1.54) is 24.3 Å². The molecule has 1 atom stereocenters. The maximum Gasteiger partial charge on any atom is 0.262 e. The molecule has 3 aromatic rings. The van der Waals surface area contributed by atoms with E-state index in [-0.39, 0.29) is 23.5 Å². The molecule has 0 spiro atoms. The van der Waals surface area contributed by atoms with Gasteiger partial charge in [-0.15, -0.1) is 0 Å². The molecule has 0 radical (unpaired) electrons. The van der Waals surface area contributed by atoms with Crippen LogP contribution in [0, 0.1) is 6.92 Å². The molecule has 6 nitrogen and oxygen atoms in total. The van der Waals surface area contributed by atoms with E-state index in [2.05, 4.69) is 10.0 Å². The molecular weight excluding hydrogens is 400 g/mol. The molecule has 0 aromatic heterocycles. The lowest BCUT2D eigenvalue weighted by molar-refractivity contribution is -0.118. The van der Waals surface area contributed by atoms with Crippen molar-refractivity contribution in [3.05, 3.63) is 90.0 Å². The Hall–Kier alpha value is -3.16. The number of anilines is 1. The summed E-state index contributed by atoms with van der Waals surface area (Å²) < 4.78 is 33.3. The number of benzene rings is 3. The lowest BCUT2D eigenvalue weighted by Crippen LogP contribution is -2.26. The van der Waals surface area contributed by atoms with Crippen LogP contribution in [0.3, 0.4) is 0 Å². The molecule has 0 aliphatic carbocycles. The van der Waals surface area contributed by atoms with Gasteiger partial charge in [-0.25, -0.2) is 13.1 Å². The van der Waals surface area contributed by atoms with Gasteiger partial charge in [0.25, 0.3) is 5.91 Å². The van der Waals surface area contributed by atoms with Gasteiger partial charge in [-0.2, -0.15) is 0 Å². The second-order valence-corrected chi connectivity index (χ2v) is 8.65. The van der Waals surface area contributed by atoms with Crippen LogP contribution in [0.25, 0.3) is 0 Å². The molecule has 0 aliphatic heterocycles. The van der Waals surface area contributed by atoms with Crippen molar-refractivity contribution in [2.75, 3.05) is 11.9 Å². The third kappa shape index (κ3) is 5.92. The van der Waals surface area contributed by atoms with Crippen LogP contribution in [-0.2, 0) is 14.8 Å². The summed E-state index contributed by atoms with van der Waals surface area (Å²) >= 11 is 0. The van der Waals surface area contributed by atoms with Crippen molar-refractivity contribution in [1.82, 2.24) is 4.72 Å². The van der Waals surface area contributed by atoms with E-state index >= 15 is 0 Å². The highest BCUT2D eigenvalue weighted by Crippen LogP contribution is 2.19. The number of hydrogen-bond acceptors (Lipinski definition) is 4. The van der Waals surface area contributed by atoms with E-state index in [4.69, 9.17) is 4.74 Å². The number of ether oxygens (including phenoxy) is 1. The highest BCUT2D eigenvalue weighted by molar-refractivity contribution is 7.89. The number of amides is 1.